The quantitative estimate of drug-likeness (QED) is 0.518. The molecule has 1 saturated heterocycles. The van der Waals surface area contributed by atoms with Crippen molar-refractivity contribution >= 4 is 50.4 Å². The number of aromatic nitrogens is 1. The van der Waals surface area contributed by atoms with E-state index in [4.69, 9.17) is 5.73 Å². The third kappa shape index (κ3) is 5.47. The number of thiophene rings is 1. The maximum Gasteiger partial charge on any atom is 0.274 e. The summed E-state index contributed by atoms with van der Waals surface area (Å²) in [5.41, 5.74) is 5.46. The van der Waals surface area contributed by atoms with E-state index in [1.165, 1.54) is 29.2 Å². The number of carbonyl (C=O) groups is 3. The number of sulfonamides is 1. The monoisotopic (exact) mass is 485 g/mol. The molecular weight excluding hydrogens is 462 g/mol. The van der Waals surface area contributed by atoms with Crippen molar-refractivity contribution in [2.45, 2.75) is 49.0 Å². The predicted octanol–water partition coefficient (Wildman–Crippen LogP) is 0.455. The van der Waals surface area contributed by atoms with Crippen molar-refractivity contribution in [2.75, 3.05) is 6.54 Å². The minimum absolute atomic E-state index is 0.0524. The maximum atomic E-state index is 13.0. The van der Waals surface area contributed by atoms with Crippen LogP contribution in [-0.4, -0.2) is 60.7 Å². The van der Waals surface area contributed by atoms with Gasteiger partial charge >= 0.3 is 0 Å². The van der Waals surface area contributed by atoms with E-state index in [1.54, 1.807) is 23.8 Å². The molecule has 168 valence electrons. The van der Waals surface area contributed by atoms with Gasteiger partial charge in [0, 0.05) is 18.0 Å². The Morgan fingerprint density at radius 1 is 1.32 bits per heavy atom. The second-order valence-electron chi connectivity index (χ2n) is 7.17. The van der Waals surface area contributed by atoms with Crippen molar-refractivity contribution in [1.82, 2.24) is 19.9 Å². The van der Waals surface area contributed by atoms with Crippen LogP contribution in [0.25, 0.3) is 0 Å². The first-order valence-electron chi connectivity index (χ1n) is 9.47. The molecule has 10 nitrogen and oxygen atoms in total. The van der Waals surface area contributed by atoms with E-state index in [-0.39, 0.29) is 22.9 Å². The Kier molecular flexibility index (Phi) is 7.09. The minimum Gasteiger partial charge on any atom is -0.368 e. The van der Waals surface area contributed by atoms with Crippen LogP contribution in [0, 0.1) is 6.92 Å². The van der Waals surface area contributed by atoms with Gasteiger partial charge in [0.1, 0.15) is 22.0 Å². The summed E-state index contributed by atoms with van der Waals surface area (Å²) in [4.78, 5) is 42.8. The fourth-order valence-corrected chi connectivity index (χ4v) is 6.13. The predicted molar refractivity (Wildman–Crippen MR) is 116 cm³/mol. The molecule has 2 aromatic rings. The zero-order chi connectivity index (χ0) is 22.8. The number of carbonyl (C=O) groups excluding carboxylic acids is 3. The molecule has 0 saturated carbocycles. The lowest BCUT2D eigenvalue weighted by Gasteiger charge is -2.38. The molecule has 3 unspecified atom stereocenters. The van der Waals surface area contributed by atoms with Gasteiger partial charge in [-0.05, 0) is 38.1 Å². The van der Waals surface area contributed by atoms with E-state index < -0.39 is 45.9 Å². The SMILES string of the molecule is Cc1nc(C(=O)N2CCC(NS(=O)(=O)c3cccs3)CC2C(=O)NC(C)C(N)=O)cs1. The lowest BCUT2D eigenvalue weighted by atomic mass is 9.96. The Morgan fingerprint density at radius 2 is 2.06 bits per heavy atom. The lowest BCUT2D eigenvalue weighted by Crippen LogP contribution is -2.59. The van der Waals surface area contributed by atoms with Crippen molar-refractivity contribution in [3.8, 4) is 0 Å². The summed E-state index contributed by atoms with van der Waals surface area (Å²) in [5, 5.41) is 6.49. The lowest BCUT2D eigenvalue weighted by molar-refractivity contribution is -0.131. The number of amides is 3. The number of piperidine rings is 1. The van der Waals surface area contributed by atoms with Crippen molar-refractivity contribution in [3.05, 3.63) is 33.6 Å². The van der Waals surface area contributed by atoms with Crippen LogP contribution in [0.15, 0.2) is 27.1 Å². The van der Waals surface area contributed by atoms with Crippen LogP contribution >= 0.6 is 22.7 Å². The first kappa shape index (κ1) is 23.3. The van der Waals surface area contributed by atoms with Crippen molar-refractivity contribution < 1.29 is 22.8 Å². The molecule has 3 rings (SSSR count). The van der Waals surface area contributed by atoms with Crippen molar-refractivity contribution in [1.29, 1.82) is 0 Å². The number of primary amides is 1. The number of nitrogens with one attached hydrogen (secondary N) is 2. The second kappa shape index (κ2) is 9.42. The number of hydrogen-bond donors (Lipinski definition) is 3. The maximum absolute atomic E-state index is 13.0. The average molecular weight is 486 g/mol. The van der Waals surface area contributed by atoms with Gasteiger partial charge in [-0.25, -0.2) is 18.1 Å². The summed E-state index contributed by atoms with van der Waals surface area (Å²) < 4.78 is 28.0. The van der Waals surface area contributed by atoms with Crippen LogP contribution in [0.1, 0.15) is 35.3 Å². The molecule has 0 spiro atoms. The Morgan fingerprint density at radius 3 is 2.65 bits per heavy atom. The van der Waals surface area contributed by atoms with E-state index in [2.05, 4.69) is 15.0 Å². The summed E-state index contributed by atoms with van der Waals surface area (Å²) >= 11 is 2.41. The smallest absolute Gasteiger partial charge is 0.274 e. The highest BCUT2D eigenvalue weighted by Crippen LogP contribution is 2.24. The largest absolute Gasteiger partial charge is 0.368 e. The van der Waals surface area contributed by atoms with Gasteiger partial charge in [-0.1, -0.05) is 6.07 Å². The van der Waals surface area contributed by atoms with Gasteiger partial charge in [-0.3, -0.25) is 14.4 Å². The normalized spacial score (nSPS) is 20.3. The average Bonchev–Trinajstić information content (AvgIpc) is 3.39. The third-order valence-corrected chi connectivity index (χ3v) is 8.56. The summed E-state index contributed by atoms with van der Waals surface area (Å²) in [7, 11) is -3.74. The van der Waals surface area contributed by atoms with Crippen molar-refractivity contribution in [2.24, 2.45) is 5.73 Å². The van der Waals surface area contributed by atoms with E-state index in [1.807, 2.05) is 0 Å². The molecular formula is C18H23N5O5S3. The molecule has 0 radical (unpaired) electrons. The number of nitrogens with two attached hydrogens (primary N) is 1. The van der Waals surface area contributed by atoms with E-state index in [9.17, 15) is 22.8 Å². The Balaban J connectivity index is 1.81. The van der Waals surface area contributed by atoms with E-state index in [0.717, 1.165) is 11.3 Å². The Labute approximate surface area is 187 Å². The first-order valence-corrected chi connectivity index (χ1v) is 12.7. The highest BCUT2D eigenvalue weighted by atomic mass is 32.2. The molecule has 0 bridgehead atoms. The van der Waals surface area contributed by atoms with Gasteiger partial charge in [0.2, 0.25) is 21.8 Å². The number of aryl methyl sites for hydroxylation is 1. The van der Waals surface area contributed by atoms with Gasteiger partial charge < -0.3 is 16.0 Å². The molecule has 1 aliphatic heterocycles. The van der Waals surface area contributed by atoms with Crippen LogP contribution in [0.3, 0.4) is 0 Å². The van der Waals surface area contributed by atoms with E-state index >= 15 is 0 Å². The minimum atomic E-state index is -3.74. The first-order chi connectivity index (χ1) is 14.6. The zero-order valence-electron chi connectivity index (χ0n) is 16.9. The van der Waals surface area contributed by atoms with Crippen LogP contribution < -0.4 is 15.8 Å². The second-order valence-corrected chi connectivity index (χ2v) is 11.1. The van der Waals surface area contributed by atoms with Crippen LogP contribution in [0.5, 0.6) is 0 Å². The molecule has 0 aliphatic carbocycles. The van der Waals surface area contributed by atoms with Crippen LogP contribution in [0.4, 0.5) is 0 Å². The Bertz CT molecular complexity index is 1070. The molecule has 3 amide bonds. The Hall–Kier alpha value is -2.35. The van der Waals surface area contributed by atoms with E-state index in [0.29, 0.717) is 11.4 Å². The fraction of sp³-hybridized carbons (Fsp3) is 0.444. The number of nitrogens with zero attached hydrogens (tertiary/aromatic N) is 2. The summed E-state index contributed by atoms with van der Waals surface area (Å²) in [6.07, 6.45) is 0.380. The fourth-order valence-electron chi connectivity index (χ4n) is 3.25. The highest BCUT2D eigenvalue weighted by Gasteiger charge is 2.39. The third-order valence-electron chi connectivity index (χ3n) is 4.87. The highest BCUT2D eigenvalue weighted by molar-refractivity contribution is 7.91. The standard InChI is InChI=1S/C18H23N5O5S3/c1-10(16(19)24)20-17(25)14-8-12(22-31(27,28)15-4-3-7-29-15)5-6-23(14)18(26)13-9-30-11(2)21-13/h3-4,7,9-10,12,14,22H,5-6,8H2,1-2H3,(H2,19,24)(H,20,25). The van der Waals surface area contributed by atoms with Gasteiger partial charge in [0.05, 0.1) is 5.01 Å². The van der Waals surface area contributed by atoms with Gasteiger partial charge in [0.25, 0.3) is 5.91 Å². The van der Waals surface area contributed by atoms with Gasteiger partial charge in [-0.15, -0.1) is 22.7 Å². The molecule has 2 aromatic heterocycles. The number of rotatable bonds is 7. The zero-order valence-corrected chi connectivity index (χ0v) is 19.4. The number of hydrogen-bond acceptors (Lipinski definition) is 8. The molecule has 13 heteroatoms. The molecule has 0 aromatic carbocycles. The topological polar surface area (TPSA) is 152 Å². The van der Waals surface area contributed by atoms with Gasteiger partial charge in [0.15, 0.2) is 0 Å². The molecule has 1 fully saturated rings. The summed E-state index contributed by atoms with van der Waals surface area (Å²) in [6, 6.07) is 0.649. The molecule has 31 heavy (non-hydrogen) atoms. The molecule has 3 heterocycles. The molecule has 1 aliphatic rings. The summed E-state index contributed by atoms with van der Waals surface area (Å²) in [5.74, 6) is -1.71. The van der Waals surface area contributed by atoms with Gasteiger partial charge in [-0.2, -0.15) is 0 Å². The number of likely N-dealkylation sites (tertiary alicyclic amines) is 1. The summed E-state index contributed by atoms with van der Waals surface area (Å²) in [6.45, 7) is 3.36. The van der Waals surface area contributed by atoms with Crippen LogP contribution in [-0.2, 0) is 19.6 Å². The number of thiazole rings is 1. The molecule has 3 atom stereocenters. The molecule has 4 N–H and O–H groups in total. The van der Waals surface area contributed by atoms with Crippen LogP contribution in [0.2, 0.25) is 0 Å². The van der Waals surface area contributed by atoms with Crippen molar-refractivity contribution in [3.63, 3.8) is 0 Å².